The van der Waals surface area contributed by atoms with Crippen molar-refractivity contribution in [3.8, 4) is 11.5 Å². The zero-order chi connectivity index (χ0) is 24.0. The molecule has 0 atom stereocenters. The lowest BCUT2D eigenvalue weighted by atomic mass is 10.0. The summed E-state index contributed by atoms with van der Waals surface area (Å²) in [5.41, 5.74) is 5.27. The number of benzene rings is 3. The van der Waals surface area contributed by atoms with Gasteiger partial charge in [0.15, 0.2) is 0 Å². The van der Waals surface area contributed by atoms with Gasteiger partial charge in [0.1, 0.15) is 5.75 Å². The van der Waals surface area contributed by atoms with Gasteiger partial charge in [0.2, 0.25) is 11.7 Å². The lowest BCUT2D eigenvalue weighted by Gasteiger charge is -2.07. The summed E-state index contributed by atoms with van der Waals surface area (Å²) in [4.78, 5) is 32.7. The van der Waals surface area contributed by atoms with Crippen LogP contribution in [0.25, 0.3) is 0 Å². The van der Waals surface area contributed by atoms with Crippen molar-refractivity contribution < 1.29 is 19.4 Å². The third-order valence-electron chi connectivity index (χ3n) is 4.72. The summed E-state index contributed by atoms with van der Waals surface area (Å²) in [5, 5.41) is 26.0. The second-order valence-corrected chi connectivity index (χ2v) is 7.24. The second-order valence-electron chi connectivity index (χ2n) is 7.24. The Labute approximate surface area is 188 Å². The molecule has 3 aromatic carbocycles. The highest BCUT2D eigenvalue weighted by Crippen LogP contribution is 2.34. The molecule has 0 fully saturated rings. The van der Waals surface area contributed by atoms with Crippen molar-refractivity contribution >= 4 is 23.5 Å². The van der Waals surface area contributed by atoms with E-state index >= 15 is 0 Å². The SMILES string of the molecule is Cc1ccc(C)c(CC(=O)N/N=C/c2ccc(Oc3ccc([N+](=O)[O-])cc3[N+](=O)[O-])cc2)c1. The third kappa shape index (κ3) is 6.20. The molecule has 0 aliphatic rings. The number of aryl methyl sites for hydroxylation is 2. The minimum atomic E-state index is -0.746. The molecule has 168 valence electrons. The molecule has 33 heavy (non-hydrogen) atoms. The normalized spacial score (nSPS) is 10.7. The number of hydrazone groups is 1. The molecule has 0 unspecified atom stereocenters. The number of nitro groups is 2. The molecule has 0 saturated heterocycles. The van der Waals surface area contributed by atoms with Crippen LogP contribution in [-0.4, -0.2) is 22.0 Å². The minimum Gasteiger partial charge on any atom is -0.450 e. The maximum absolute atomic E-state index is 12.1. The Morgan fingerprint density at radius 3 is 2.39 bits per heavy atom. The first-order valence-electron chi connectivity index (χ1n) is 9.81. The molecule has 0 saturated carbocycles. The average molecular weight is 448 g/mol. The molecule has 0 spiro atoms. The highest BCUT2D eigenvalue weighted by atomic mass is 16.6. The van der Waals surface area contributed by atoms with Gasteiger partial charge < -0.3 is 4.74 Å². The van der Waals surface area contributed by atoms with Gasteiger partial charge in [0, 0.05) is 6.07 Å². The molecule has 0 aromatic heterocycles. The van der Waals surface area contributed by atoms with Crippen LogP contribution in [0, 0.1) is 34.1 Å². The van der Waals surface area contributed by atoms with Crippen LogP contribution in [0.5, 0.6) is 11.5 Å². The second kappa shape index (κ2) is 10.1. The molecule has 0 bridgehead atoms. The number of hydrogen-bond donors (Lipinski definition) is 1. The highest BCUT2D eigenvalue weighted by molar-refractivity contribution is 5.83. The zero-order valence-corrected chi connectivity index (χ0v) is 17.8. The Kier molecular flexibility index (Phi) is 7.09. The number of carbonyl (C=O) groups is 1. The molecule has 3 rings (SSSR count). The van der Waals surface area contributed by atoms with Gasteiger partial charge in [-0.05, 0) is 60.9 Å². The molecule has 0 aliphatic carbocycles. The first-order valence-corrected chi connectivity index (χ1v) is 9.81. The van der Waals surface area contributed by atoms with Gasteiger partial charge in [-0.1, -0.05) is 23.8 Å². The van der Waals surface area contributed by atoms with Crippen LogP contribution in [0.4, 0.5) is 11.4 Å². The lowest BCUT2D eigenvalue weighted by molar-refractivity contribution is -0.394. The quantitative estimate of drug-likeness (QED) is 0.304. The standard InChI is InChI=1S/C23H20N4O6/c1-15-3-4-16(2)18(11-15)12-23(28)25-24-14-17-5-8-20(9-6-17)33-22-10-7-19(26(29)30)13-21(22)27(31)32/h3-11,13-14H,12H2,1-2H3,(H,25,28)/b24-14+. The van der Waals surface area contributed by atoms with E-state index in [0.717, 1.165) is 28.8 Å². The summed E-state index contributed by atoms with van der Waals surface area (Å²) in [6.45, 7) is 3.91. The number of nitro benzene ring substituents is 2. The van der Waals surface area contributed by atoms with E-state index in [1.807, 2.05) is 32.0 Å². The van der Waals surface area contributed by atoms with E-state index < -0.39 is 21.2 Å². The van der Waals surface area contributed by atoms with Gasteiger partial charge in [-0.3, -0.25) is 25.0 Å². The van der Waals surface area contributed by atoms with E-state index in [9.17, 15) is 25.0 Å². The number of amides is 1. The summed E-state index contributed by atoms with van der Waals surface area (Å²) in [6.07, 6.45) is 1.67. The van der Waals surface area contributed by atoms with Crippen molar-refractivity contribution in [2.24, 2.45) is 5.10 Å². The van der Waals surface area contributed by atoms with Crippen LogP contribution < -0.4 is 10.2 Å². The summed E-state index contributed by atoms with van der Waals surface area (Å²) in [7, 11) is 0. The third-order valence-corrected chi connectivity index (χ3v) is 4.72. The molecule has 3 aromatic rings. The summed E-state index contributed by atoms with van der Waals surface area (Å²) >= 11 is 0. The summed E-state index contributed by atoms with van der Waals surface area (Å²) < 4.78 is 5.51. The number of hydrogen-bond acceptors (Lipinski definition) is 7. The predicted octanol–water partition coefficient (Wildman–Crippen LogP) is 4.60. The van der Waals surface area contributed by atoms with Crippen LogP contribution in [0.3, 0.4) is 0 Å². The van der Waals surface area contributed by atoms with E-state index in [1.165, 1.54) is 12.3 Å². The topological polar surface area (TPSA) is 137 Å². The van der Waals surface area contributed by atoms with Gasteiger partial charge in [0.25, 0.3) is 5.69 Å². The van der Waals surface area contributed by atoms with Crippen LogP contribution in [0.1, 0.15) is 22.3 Å². The fraction of sp³-hybridized carbons (Fsp3) is 0.130. The maximum Gasteiger partial charge on any atom is 0.318 e. The highest BCUT2D eigenvalue weighted by Gasteiger charge is 2.21. The largest absolute Gasteiger partial charge is 0.450 e. The lowest BCUT2D eigenvalue weighted by Crippen LogP contribution is -2.20. The number of nitrogens with one attached hydrogen (secondary N) is 1. The zero-order valence-electron chi connectivity index (χ0n) is 17.8. The van der Waals surface area contributed by atoms with Crippen molar-refractivity contribution in [1.29, 1.82) is 0 Å². The minimum absolute atomic E-state index is 0.120. The van der Waals surface area contributed by atoms with Crippen molar-refractivity contribution in [2.45, 2.75) is 20.3 Å². The smallest absolute Gasteiger partial charge is 0.318 e. The fourth-order valence-corrected chi connectivity index (χ4v) is 2.98. The molecule has 10 heteroatoms. The molecular weight excluding hydrogens is 428 g/mol. The van der Waals surface area contributed by atoms with E-state index in [-0.39, 0.29) is 18.1 Å². The number of non-ortho nitro benzene ring substituents is 1. The van der Waals surface area contributed by atoms with Crippen LogP contribution >= 0.6 is 0 Å². The molecular formula is C23H20N4O6. The fourth-order valence-electron chi connectivity index (χ4n) is 2.98. The van der Waals surface area contributed by atoms with Gasteiger partial charge >= 0.3 is 5.69 Å². The number of nitrogens with zero attached hydrogens (tertiary/aromatic N) is 3. The maximum atomic E-state index is 12.1. The monoisotopic (exact) mass is 448 g/mol. The Morgan fingerprint density at radius 1 is 1.00 bits per heavy atom. The average Bonchev–Trinajstić information content (AvgIpc) is 2.77. The number of ether oxygens (including phenoxy) is 1. The van der Waals surface area contributed by atoms with Crippen molar-refractivity contribution in [3.05, 3.63) is 103 Å². The van der Waals surface area contributed by atoms with E-state index in [0.29, 0.717) is 11.3 Å². The Hall–Kier alpha value is -4.60. The molecule has 0 radical (unpaired) electrons. The van der Waals surface area contributed by atoms with E-state index in [4.69, 9.17) is 4.74 Å². The molecule has 1 amide bonds. The molecule has 0 heterocycles. The molecule has 10 nitrogen and oxygen atoms in total. The Morgan fingerprint density at radius 2 is 1.73 bits per heavy atom. The number of carbonyl (C=O) groups excluding carboxylic acids is 1. The van der Waals surface area contributed by atoms with E-state index in [2.05, 4.69) is 10.5 Å². The van der Waals surface area contributed by atoms with Gasteiger partial charge in [-0.2, -0.15) is 5.10 Å². The van der Waals surface area contributed by atoms with Gasteiger partial charge in [-0.15, -0.1) is 0 Å². The first kappa shape index (κ1) is 23.1. The van der Waals surface area contributed by atoms with Crippen LogP contribution in [0.2, 0.25) is 0 Å². The number of rotatable bonds is 8. The Balaban J connectivity index is 1.62. The first-order chi connectivity index (χ1) is 15.7. The van der Waals surface area contributed by atoms with Crippen LogP contribution in [0.15, 0.2) is 65.8 Å². The van der Waals surface area contributed by atoms with Crippen molar-refractivity contribution in [3.63, 3.8) is 0 Å². The summed E-state index contributed by atoms with van der Waals surface area (Å²) in [6, 6.07) is 15.5. The van der Waals surface area contributed by atoms with Crippen molar-refractivity contribution in [2.75, 3.05) is 0 Å². The van der Waals surface area contributed by atoms with Gasteiger partial charge in [-0.25, -0.2) is 5.43 Å². The molecule has 0 aliphatic heterocycles. The Bertz CT molecular complexity index is 1240. The van der Waals surface area contributed by atoms with E-state index in [1.54, 1.807) is 24.3 Å². The summed E-state index contributed by atoms with van der Waals surface area (Å²) in [5.74, 6) is -0.0702. The van der Waals surface area contributed by atoms with Gasteiger partial charge in [0.05, 0.1) is 28.5 Å². The van der Waals surface area contributed by atoms with Crippen molar-refractivity contribution in [1.82, 2.24) is 5.43 Å². The van der Waals surface area contributed by atoms with Crippen LogP contribution in [-0.2, 0) is 11.2 Å². The predicted molar refractivity (Wildman–Crippen MR) is 122 cm³/mol. The molecule has 1 N–H and O–H groups in total.